The van der Waals surface area contributed by atoms with Crippen molar-refractivity contribution in [1.82, 2.24) is 21.3 Å². The van der Waals surface area contributed by atoms with Crippen molar-refractivity contribution in [2.75, 3.05) is 13.2 Å². The molecule has 202 valence electrons. The first kappa shape index (κ1) is 28.1. The number of benzene rings is 2. The third-order valence-corrected chi connectivity index (χ3v) is 5.70. The molecule has 2 aromatic rings. The fraction of sp³-hybridized carbons (Fsp3) is 0.346. The van der Waals surface area contributed by atoms with Gasteiger partial charge in [-0.1, -0.05) is 24.3 Å². The molecule has 1 aliphatic heterocycles. The summed E-state index contributed by atoms with van der Waals surface area (Å²) in [5.74, 6) is -3.67. The summed E-state index contributed by atoms with van der Waals surface area (Å²) < 4.78 is 18.9. The third-order valence-electron chi connectivity index (χ3n) is 5.70. The van der Waals surface area contributed by atoms with Crippen LogP contribution in [0.4, 0.5) is 4.39 Å². The molecule has 0 radical (unpaired) electrons. The maximum Gasteiger partial charge on any atom is 0.255 e. The van der Waals surface area contributed by atoms with Gasteiger partial charge in [0, 0.05) is 6.54 Å². The maximum atomic E-state index is 13.1. The molecule has 6 N–H and O–H groups in total. The van der Waals surface area contributed by atoms with Crippen LogP contribution in [-0.4, -0.2) is 60.8 Å². The average molecular weight is 528 g/mol. The monoisotopic (exact) mass is 527 g/mol. The Hall–Kier alpha value is -4.48. The van der Waals surface area contributed by atoms with Crippen LogP contribution in [0.2, 0.25) is 0 Å². The van der Waals surface area contributed by atoms with Gasteiger partial charge in [-0.15, -0.1) is 0 Å². The number of fused-ring (bicyclic) bond motifs is 1. The first-order valence-corrected chi connectivity index (χ1v) is 12.0. The number of amides is 5. The van der Waals surface area contributed by atoms with E-state index in [1.54, 1.807) is 37.3 Å². The number of nitrogens with two attached hydrogens (primary N) is 1. The fourth-order valence-corrected chi connectivity index (χ4v) is 3.78. The molecule has 1 heterocycles. The predicted octanol–water partition coefficient (Wildman–Crippen LogP) is -0.0696. The van der Waals surface area contributed by atoms with Gasteiger partial charge in [0.25, 0.3) is 5.91 Å². The first-order chi connectivity index (χ1) is 18.1. The SMILES string of the molecule is C[C@@H]1COc2ccccc2C(=O)N[C@H](C(=O)NCCc2ccc(F)cc2)CC(=O)N[C@@H](CC(N)=O)C(=O)N1. The zero-order valence-electron chi connectivity index (χ0n) is 20.8. The van der Waals surface area contributed by atoms with Crippen LogP contribution in [-0.2, 0) is 25.6 Å². The second kappa shape index (κ2) is 13.2. The summed E-state index contributed by atoms with van der Waals surface area (Å²) in [5, 5.41) is 10.3. The number of ether oxygens (including phenoxy) is 1. The molecule has 38 heavy (non-hydrogen) atoms. The lowest BCUT2D eigenvalue weighted by Crippen LogP contribution is -2.54. The molecular formula is C26H30FN5O6. The Bertz CT molecular complexity index is 1190. The number of rotatable bonds is 6. The molecule has 3 rings (SSSR count). The number of primary amides is 1. The van der Waals surface area contributed by atoms with Crippen molar-refractivity contribution in [2.24, 2.45) is 5.73 Å². The molecule has 0 aliphatic carbocycles. The zero-order valence-corrected chi connectivity index (χ0v) is 20.8. The summed E-state index contributed by atoms with van der Waals surface area (Å²) in [5.41, 5.74) is 6.16. The minimum atomic E-state index is -1.32. The molecule has 3 atom stereocenters. The molecule has 0 unspecified atom stereocenters. The molecule has 2 aromatic carbocycles. The van der Waals surface area contributed by atoms with Crippen molar-refractivity contribution in [3.63, 3.8) is 0 Å². The largest absolute Gasteiger partial charge is 0.491 e. The van der Waals surface area contributed by atoms with Gasteiger partial charge >= 0.3 is 0 Å². The summed E-state index contributed by atoms with van der Waals surface area (Å²) in [6.45, 7) is 1.80. The quantitative estimate of drug-likeness (QED) is 0.352. The Kier molecular flexibility index (Phi) is 9.74. The third kappa shape index (κ3) is 8.29. The topological polar surface area (TPSA) is 169 Å². The standard InChI is InChI=1S/C26H30FN5O6/c1-15-14-38-21-5-3-2-4-18(21)24(35)32-20(13-23(34)31-19(12-22(28)33)26(37)30-15)25(36)29-11-10-16-6-8-17(27)9-7-16/h2-9,15,19-20H,10-14H2,1H3,(H2,28,33)(H,29,36)(H,30,37)(H,31,34)(H,32,35)/t15-,19+,20+/m1/s1. The van der Waals surface area contributed by atoms with Crippen LogP contribution in [0.25, 0.3) is 0 Å². The van der Waals surface area contributed by atoms with Gasteiger partial charge in [0.1, 0.15) is 30.3 Å². The number of hydrogen-bond donors (Lipinski definition) is 5. The lowest BCUT2D eigenvalue weighted by molar-refractivity contribution is -0.133. The lowest BCUT2D eigenvalue weighted by Gasteiger charge is -2.24. The van der Waals surface area contributed by atoms with Crippen molar-refractivity contribution in [3.05, 3.63) is 65.5 Å². The van der Waals surface area contributed by atoms with E-state index in [-0.39, 0.29) is 30.3 Å². The minimum Gasteiger partial charge on any atom is -0.491 e. The summed E-state index contributed by atoms with van der Waals surface area (Å²) in [4.78, 5) is 63.2. The van der Waals surface area contributed by atoms with Gasteiger partial charge in [-0.05, 0) is 43.2 Å². The van der Waals surface area contributed by atoms with E-state index in [9.17, 15) is 28.4 Å². The van der Waals surface area contributed by atoms with Crippen molar-refractivity contribution in [1.29, 1.82) is 0 Å². The first-order valence-electron chi connectivity index (χ1n) is 12.0. The highest BCUT2D eigenvalue weighted by Gasteiger charge is 2.30. The Morgan fingerprint density at radius 3 is 2.47 bits per heavy atom. The molecule has 5 amide bonds. The Morgan fingerprint density at radius 1 is 1.05 bits per heavy atom. The van der Waals surface area contributed by atoms with Gasteiger partial charge in [0.15, 0.2) is 0 Å². The van der Waals surface area contributed by atoms with Crippen molar-refractivity contribution in [3.8, 4) is 5.75 Å². The van der Waals surface area contributed by atoms with E-state index in [0.29, 0.717) is 6.42 Å². The van der Waals surface area contributed by atoms with E-state index in [1.807, 2.05) is 0 Å². The van der Waals surface area contributed by atoms with Gasteiger partial charge in [-0.2, -0.15) is 0 Å². The van der Waals surface area contributed by atoms with Crippen LogP contribution in [0.5, 0.6) is 5.75 Å². The number of nitrogens with one attached hydrogen (secondary N) is 4. The maximum absolute atomic E-state index is 13.1. The highest BCUT2D eigenvalue weighted by molar-refractivity contribution is 6.01. The van der Waals surface area contributed by atoms with Gasteiger partial charge < -0.3 is 31.7 Å². The van der Waals surface area contributed by atoms with E-state index in [2.05, 4.69) is 21.3 Å². The normalized spacial score (nSPS) is 20.5. The molecule has 0 spiro atoms. The fourth-order valence-electron chi connectivity index (χ4n) is 3.78. The highest BCUT2D eigenvalue weighted by atomic mass is 19.1. The zero-order chi connectivity index (χ0) is 27.7. The van der Waals surface area contributed by atoms with Crippen LogP contribution in [0.3, 0.4) is 0 Å². The van der Waals surface area contributed by atoms with E-state index in [4.69, 9.17) is 10.5 Å². The van der Waals surface area contributed by atoms with Crippen LogP contribution < -0.4 is 31.7 Å². The smallest absolute Gasteiger partial charge is 0.255 e. The van der Waals surface area contributed by atoms with Gasteiger partial charge in [0.2, 0.25) is 23.6 Å². The molecule has 0 saturated carbocycles. The van der Waals surface area contributed by atoms with Crippen LogP contribution in [0.1, 0.15) is 35.7 Å². The van der Waals surface area contributed by atoms with Crippen molar-refractivity contribution in [2.45, 2.75) is 44.3 Å². The van der Waals surface area contributed by atoms with Crippen molar-refractivity contribution < 1.29 is 33.1 Å². The second-order valence-electron chi connectivity index (χ2n) is 8.91. The Balaban J connectivity index is 1.81. The molecule has 0 fully saturated rings. The second-order valence-corrected chi connectivity index (χ2v) is 8.91. The van der Waals surface area contributed by atoms with Gasteiger partial charge in [-0.25, -0.2) is 4.39 Å². The molecular weight excluding hydrogens is 497 g/mol. The van der Waals surface area contributed by atoms with E-state index < -0.39 is 60.5 Å². The summed E-state index contributed by atoms with van der Waals surface area (Å²) in [6.07, 6.45) is -0.598. The number of para-hydroxylation sites is 1. The molecule has 12 heteroatoms. The number of carbonyl (C=O) groups excluding carboxylic acids is 5. The van der Waals surface area contributed by atoms with E-state index in [0.717, 1.165) is 5.56 Å². The Labute approximate surface area is 218 Å². The summed E-state index contributed by atoms with van der Waals surface area (Å²) >= 11 is 0. The molecule has 11 nitrogen and oxygen atoms in total. The summed E-state index contributed by atoms with van der Waals surface area (Å²) in [6, 6.07) is 8.99. The van der Waals surface area contributed by atoms with Crippen molar-refractivity contribution >= 4 is 29.5 Å². The van der Waals surface area contributed by atoms with Gasteiger partial charge in [-0.3, -0.25) is 24.0 Å². The van der Waals surface area contributed by atoms with Gasteiger partial charge in [0.05, 0.1) is 24.4 Å². The number of halogens is 1. The molecule has 1 aliphatic rings. The average Bonchev–Trinajstić information content (AvgIpc) is 2.87. The lowest BCUT2D eigenvalue weighted by atomic mass is 10.1. The molecule has 0 bridgehead atoms. The Morgan fingerprint density at radius 2 is 1.76 bits per heavy atom. The predicted molar refractivity (Wildman–Crippen MR) is 134 cm³/mol. The molecule has 0 saturated heterocycles. The van der Waals surface area contributed by atoms with Crippen LogP contribution in [0.15, 0.2) is 48.5 Å². The molecule has 0 aromatic heterocycles. The highest BCUT2D eigenvalue weighted by Crippen LogP contribution is 2.19. The van der Waals surface area contributed by atoms with Crippen LogP contribution in [0, 0.1) is 5.82 Å². The minimum absolute atomic E-state index is 0.0133. The van der Waals surface area contributed by atoms with Crippen LogP contribution >= 0.6 is 0 Å². The van der Waals surface area contributed by atoms with E-state index >= 15 is 0 Å². The number of carbonyl (C=O) groups is 5. The van der Waals surface area contributed by atoms with E-state index in [1.165, 1.54) is 18.2 Å². The number of hydrogen-bond acceptors (Lipinski definition) is 6. The summed E-state index contributed by atoms with van der Waals surface area (Å²) in [7, 11) is 0.